The Hall–Kier alpha value is -3.12. The first-order valence-electron chi connectivity index (χ1n) is 7.92. The Morgan fingerprint density at radius 3 is 2.81 bits per heavy atom. The van der Waals surface area contributed by atoms with Gasteiger partial charge in [0.1, 0.15) is 5.69 Å². The monoisotopic (exact) mass is 367 g/mol. The molecule has 0 radical (unpaired) electrons. The lowest BCUT2D eigenvalue weighted by atomic mass is 10.1. The lowest BCUT2D eigenvalue weighted by Gasteiger charge is -2.10. The van der Waals surface area contributed by atoms with E-state index in [1.807, 2.05) is 6.92 Å². The second kappa shape index (κ2) is 6.31. The highest BCUT2D eigenvalue weighted by Crippen LogP contribution is 2.29. The van der Waals surface area contributed by atoms with Crippen molar-refractivity contribution >= 4 is 34.3 Å². The Morgan fingerprint density at radius 2 is 2.04 bits per heavy atom. The van der Waals surface area contributed by atoms with Crippen molar-refractivity contribution < 1.29 is 13.7 Å². The first kappa shape index (κ1) is 16.4. The van der Waals surface area contributed by atoms with Crippen molar-refractivity contribution in [2.75, 3.05) is 5.32 Å². The molecule has 0 fully saturated rings. The van der Waals surface area contributed by atoms with E-state index in [4.69, 9.17) is 20.5 Å². The van der Waals surface area contributed by atoms with E-state index in [0.29, 0.717) is 38.8 Å². The third-order valence-electron chi connectivity index (χ3n) is 4.15. The van der Waals surface area contributed by atoms with Crippen molar-refractivity contribution in [3.05, 3.63) is 64.5 Å². The Morgan fingerprint density at radius 1 is 1.19 bits per heavy atom. The Kier molecular flexibility index (Phi) is 3.97. The number of halogens is 1. The van der Waals surface area contributed by atoms with Gasteiger partial charge in [0.25, 0.3) is 11.6 Å². The number of carbonyl (C=O) groups excluding carboxylic acids is 1. The van der Waals surface area contributed by atoms with Crippen LogP contribution in [0.25, 0.3) is 22.6 Å². The van der Waals surface area contributed by atoms with Gasteiger partial charge in [0.15, 0.2) is 5.76 Å². The second-order valence-electron chi connectivity index (χ2n) is 5.85. The topological polar surface area (TPSA) is 81.2 Å². The van der Waals surface area contributed by atoms with E-state index in [0.717, 1.165) is 5.56 Å². The maximum absolute atomic E-state index is 13.0. The molecular formula is C19H14ClN3O3. The third-order valence-corrected chi connectivity index (χ3v) is 4.56. The smallest absolute Gasteiger partial charge is 0.259 e. The molecular weight excluding hydrogens is 354 g/mol. The van der Waals surface area contributed by atoms with Gasteiger partial charge in [-0.2, -0.15) is 0 Å². The molecule has 7 heteroatoms. The first-order chi connectivity index (χ1) is 12.5. The van der Waals surface area contributed by atoms with Crippen LogP contribution in [-0.2, 0) is 0 Å². The summed E-state index contributed by atoms with van der Waals surface area (Å²) >= 11 is 6.14. The van der Waals surface area contributed by atoms with Crippen LogP contribution in [-0.4, -0.2) is 16.0 Å². The summed E-state index contributed by atoms with van der Waals surface area (Å²) in [6.45, 7) is 3.61. The fourth-order valence-corrected chi connectivity index (χ4v) is 2.93. The molecule has 130 valence electrons. The zero-order chi connectivity index (χ0) is 18.3. The summed E-state index contributed by atoms with van der Waals surface area (Å²) in [5, 5.41) is 7.98. The minimum Gasteiger partial charge on any atom is -0.463 e. The highest BCUT2D eigenvalue weighted by molar-refractivity contribution is 6.31. The molecule has 0 unspecified atom stereocenters. The molecule has 0 saturated heterocycles. The van der Waals surface area contributed by atoms with Crippen LogP contribution in [0, 0.1) is 13.8 Å². The number of nitrogens with one attached hydrogen (secondary N) is 1. The van der Waals surface area contributed by atoms with Crippen LogP contribution >= 0.6 is 11.6 Å². The molecule has 3 aromatic heterocycles. The van der Waals surface area contributed by atoms with Gasteiger partial charge in [-0.05, 0) is 49.7 Å². The van der Waals surface area contributed by atoms with Gasteiger partial charge >= 0.3 is 0 Å². The van der Waals surface area contributed by atoms with E-state index in [1.54, 1.807) is 49.6 Å². The molecule has 0 saturated carbocycles. The van der Waals surface area contributed by atoms with Crippen molar-refractivity contribution in [1.82, 2.24) is 10.1 Å². The summed E-state index contributed by atoms with van der Waals surface area (Å²) in [6.07, 6.45) is 1.54. The summed E-state index contributed by atoms with van der Waals surface area (Å²) in [6, 6.07) is 10.5. The van der Waals surface area contributed by atoms with Gasteiger partial charge in [-0.1, -0.05) is 22.8 Å². The fourth-order valence-electron chi connectivity index (χ4n) is 2.76. The molecule has 3 heterocycles. The Bertz CT molecular complexity index is 1120. The quantitative estimate of drug-likeness (QED) is 0.550. The predicted molar refractivity (Wildman–Crippen MR) is 98.4 cm³/mol. The van der Waals surface area contributed by atoms with Gasteiger partial charge in [0.2, 0.25) is 0 Å². The average Bonchev–Trinajstić information content (AvgIpc) is 3.28. The molecule has 1 aromatic carbocycles. The zero-order valence-corrected chi connectivity index (χ0v) is 14.8. The van der Waals surface area contributed by atoms with Gasteiger partial charge in [-0.25, -0.2) is 4.98 Å². The third kappa shape index (κ3) is 2.74. The van der Waals surface area contributed by atoms with Crippen LogP contribution < -0.4 is 5.32 Å². The SMILES string of the molecule is Cc1c(Cl)cccc1NC(=O)c1cc(-c2ccco2)nc2onc(C)c12. The number of benzene rings is 1. The molecule has 4 aromatic rings. The van der Waals surface area contributed by atoms with Crippen LogP contribution in [0.1, 0.15) is 21.6 Å². The highest BCUT2D eigenvalue weighted by Gasteiger charge is 2.20. The maximum Gasteiger partial charge on any atom is 0.259 e. The van der Waals surface area contributed by atoms with Crippen molar-refractivity contribution in [1.29, 1.82) is 0 Å². The van der Waals surface area contributed by atoms with E-state index in [2.05, 4.69) is 15.5 Å². The van der Waals surface area contributed by atoms with Gasteiger partial charge < -0.3 is 14.3 Å². The van der Waals surface area contributed by atoms with Crippen molar-refractivity contribution in [2.24, 2.45) is 0 Å². The van der Waals surface area contributed by atoms with Crippen LogP contribution in [0.5, 0.6) is 0 Å². The number of rotatable bonds is 3. The molecule has 0 atom stereocenters. The molecule has 4 rings (SSSR count). The number of aryl methyl sites for hydroxylation is 1. The van der Waals surface area contributed by atoms with Crippen LogP contribution in [0.4, 0.5) is 5.69 Å². The number of amides is 1. The Labute approximate surface area is 153 Å². The number of aromatic nitrogens is 2. The minimum atomic E-state index is -0.304. The Balaban J connectivity index is 1.83. The largest absolute Gasteiger partial charge is 0.463 e. The van der Waals surface area contributed by atoms with Crippen LogP contribution in [0.3, 0.4) is 0 Å². The number of anilines is 1. The lowest BCUT2D eigenvalue weighted by Crippen LogP contribution is -2.14. The molecule has 0 bridgehead atoms. The normalized spacial score (nSPS) is 11.0. The standard InChI is InChI=1S/C19H14ClN3O3/c1-10-13(20)5-3-6-14(10)21-18(24)12-9-15(16-7-4-8-25-16)22-19-17(12)11(2)23-26-19/h3-9H,1-2H3,(H,21,24). The van der Waals surface area contributed by atoms with E-state index >= 15 is 0 Å². The number of hydrogen-bond donors (Lipinski definition) is 1. The van der Waals surface area contributed by atoms with Gasteiger partial charge in [0.05, 0.1) is 22.9 Å². The number of hydrogen-bond acceptors (Lipinski definition) is 5. The fraction of sp³-hybridized carbons (Fsp3) is 0.105. The summed E-state index contributed by atoms with van der Waals surface area (Å²) in [5.41, 5.74) is 3.20. The summed E-state index contributed by atoms with van der Waals surface area (Å²) < 4.78 is 10.7. The number of carbonyl (C=O) groups is 1. The molecule has 6 nitrogen and oxygen atoms in total. The van der Waals surface area contributed by atoms with Crippen molar-refractivity contribution in [3.8, 4) is 11.5 Å². The number of nitrogens with zero attached hydrogens (tertiary/aromatic N) is 2. The lowest BCUT2D eigenvalue weighted by molar-refractivity contribution is 0.102. The van der Waals surface area contributed by atoms with E-state index < -0.39 is 0 Å². The van der Waals surface area contributed by atoms with Gasteiger partial charge in [-0.15, -0.1) is 0 Å². The average molecular weight is 368 g/mol. The highest BCUT2D eigenvalue weighted by atomic mass is 35.5. The number of pyridine rings is 1. The molecule has 0 spiro atoms. The zero-order valence-electron chi connectivity index (χ0n) is 14.0. The maximum atomic E-state index is 13.0. The van der Waals surface area contributed by atoms with Gasteiger partial charge in [0, 0.05) is 10.7 Å². The minimum absolute atomic E-state index is 0.282. The summed E-state index contributed by atoms with van der Waals surface area (Å²) in [5.74, 6) is 0.232. The molecule has 1 amide bonds. The van der Waals surface area contributed by atoms with Crippen molar-refractivity contribution in [2.45, 2.75) is 13.8 Å². The predicted octanol–water partition coefficient (Wildman–Crippen LogP) is 5.01. The number of fused-ring (bicyclic) bond motifs is 1. The number of furan rings is 1. The summed E-state index contributed by atoms with van der Waals surface area (Å²) in [7, 11) is 0. The van der Waals surface area contributed by atoms with Crippen LogP contribution in [0.2, 0.25) is 5.02 Å². The van der Waals surface area contributed by atoms with E-state index in [1.165, 1.54) is 0 Å². The van der Waals surface area contributed by atoms with Gasteiger partial charge in [-0.3, -0.25) is 4.79 Å². The van der Waals surface area contributed by atoms with Crippen LogP contribution in [0.15, 0.2) is 51.6 Å². The molecule has 26 heavy (non-hydrogen) atoms. The molecule has 0 aliphatic carbocycles. The molecule has 1 N–H and O–H groups in total. The summed E-state index contributed by atoms with van der Waals surface area (Å²) in [4.78, 5) is 17.4. The molecule has 0 aliphatic heterocycles. The first-order valence-corrected chi connectivity index (χ1v) is 8.30. The second-order valence-corrected chi connectivity index (χ2v) is 6.25. The van der Waals surface area contributed by atoms with E-state index in [9.17, 15) is 4.79 Å². The molecule has 0 aliphatic rings. The van der Waals surface area contributed by atoms with E-state index in [-0.39, 0.29) is 11.6 Å². The van der Waals surface area contributed by atoms with Crippen molar-refractivity contribution in [3.63, 3.8) is 0 Å².